The Morgan fingerprint density at radius 3 is 2.39 bits per heavy atom. The maximum atomic E-state index is 12.7. The Bertz CT molecular complexity index is 988. The molecule has 0 spiro atoms. The van der Waals surface area contributed by atoms with Crippen molar-refractivity contribution in [2.75, 3.05) is 43.5 Å². The molecule has 176 valence electrons. The van der Waals surface area contributed by atoms with Gasteiger partial charge in [0.25, 0.3) is 5.91 Å². The molecule has 2 N–H and O–H groups in total. The second kappa shape index (κ2) is 9.39. The molecule has 2 amide bonds. The van der Waals surface area contributed by atoms with Crippen LogP contribution in [0.1, 0.15) is 38.2 Å². The van der Waals surface area contributed by atoms with Gasteiger partial charge < -0.3 is 25.0 Å². The van der Waals surface area contributed by atoms with Crippen molar-refractivity contribution in [1.82, 2.24) is 9.88 Å². The van der Waals surface area contributed by atoms with E-state index >= 15 is 0 Å². The number of aromatic nitrogens is 1. The fourth-order valence-corrected chi connectivity index (χ4v) is 4.51. The molecule has 0 saturated carbocycles. The number of carbonyl (C=O) groups excluding carboxylic acids is 2. The molecular weight excluding hydrogens is 420 g/mol. The predicted octanol–water partition coefficient (Wildman–Crippen LogP) is 2.64. The van der Waals surface area contributed by atoms with E-state index < -0.39 is 5.60 Å². The number of pyridine rings is 1. The first kappa shape index (κ1) is 23.0. The maximum absolute atomic E-state index is 12.7. The molecule has 1 aromatic carbocycles. The number of nitrogens with one attached hydrogen (secondary N) is 1. The molecule has 2 fully saturated rings. The van der Waals surface area contributed by atoms with E-state index in [2.05, 4.69) is 27.3 Å². The average molecular weight is 453 g/mol. The van der Waals surface area contributed by atoms with Crippen molar-refractivity contribution in [2.45, 2.75) is 38.2 Å². The van der Waals surface area contributed by atoms with Crippen LogP contribution in [0.3, 0.4) is 0 Å². The van der Waals surface area contributed by atoms with Gasteiger partial charge in [0.1, 0.15) is 5.60 Å². The second-order valence-electron chi connectivity index (χ2n) is 9.37. The molecular formula is C25H32N4O4. The topological polar surface area (TPSA) is 95.0 Å². The second-order valence-corrected chi connectivity index (χ2v) is 9.37. The molecule has 8 heteroatoms. The molecule has 2 aromatic rings. The van der Waals surface area contributed by atoms with E-state index in [1.165, 1.54) is 19.4 Å². The summed E-state index contributed by atoms with van der Waals surface area (Å²) in [6, 6.07) is 11.8. The summed E-state index contributed by atoms with van der Waals surface area (Å²) >= 11 is 0. The van der Waals surface area contributed by atoms with Crippen molar-refractivity contribution in [3.8, 4) is 5.88 Å². The zero-order valence-electron chi connectivity index (χ0n) is 19.5. The first-order valence-electron chi connectivity index (χ1n) is 11.4. The number of piperidine rings is 1. The molecule has 1 aromatic heterocycles. The smallest absolute Gasteiger partial charge is 0.253 e. The van der Waals surface area contributed by atoms with Gasteiger partial charge in [0, 0.05) is 38.1 Å². The summed E-state index contributed by atoms with van der Waals surface area (Å²) < 4.78 is 5.30. The summed E-state index contributed by atoms with van der Waals surface area (Å²) in [7, 11) is 1.60. The largest absolute Gasteiger partial charge is 0.480 e. The van der Waals surface area contributed by atoms with Gasteiger partial charge in [-0.1, -0.05) is 12.1 Å². The quantitative estimate of drug-likeness (QED) is 0.700. The van der Waals surface area contributed by atoms with Crippen LogP contribution in [0.25, 0.3) is 0 Å². The number of rotatable bonds is 6. The van der Waals surface area contributed by atoms with Gasteiger partial charge in [0.2, 0.25) is 11.8 Å². The molecule has 2 aliphatic heterocycles. The van der Waals surface area contributed by atoms with E-state index in [0.717, 1.165) is 24.2 Å². The van der Waals surface area contributed by atoms with Crippen LogP contribution in [0, 0.1) is 5.92 Å². The van der Waals surface area contributed by atoms with Crippen LogP contribution < -0.4 is 15.0 Å². The average Bonchev–Trinajstić information content (AvgIpc) is 2.78. The minimum absolute atomic E-state index is 0.0142. The highest BCUT2D eigenvalue weighted by Crippen LogP contribution is 2.32. The third kappa shape index (κ3) is 5.11. The van der Waals surface area contributed by atoms with Crippen molar-refractivity contribution in [1.29, 1.82) is 0 Å². The molecule has 0 atom stereocenters. The van der Waals surface area contributed by atoms with Crippen molar-refractivity contribution >= 4 is 23.2 Å². The summed E-state index contributed by atoms with van der Waals surface area (Å²) in [6.45, 7) is 5.62. The van der Waals surface area contributed by atoms with Crippen LogP contribution in [-0.2, 0) is 9.59 Å². The highest BCUT2D eigenvalue weighted by Gasteiger charge is 2.35. The summed E-state index contributed by atoms with van der Waals surface area (Å²) in [5.41, 5.74) is 1.58. The van der Waals surface area contributed by atoms with Crippen LogP contribution in [0.2, 0.25) is 0 Å². The van der Waals surface area contributed by atoms with Gasteiger partial charge in [-0.15, -0.1) is 0 Å². The van der Waals surface area contributed by atoms with Gasteiger partial charge in [-0.2, -0.15) is 0 Å². The normalized spacial score (nSPS) is 17.5. The van der Waals surface area contributed by atoms with Gasteiger partial charge in [0.15, 0.2) is 0 Å². The van der Waals surface area contributed by atoms with Crippen LogP contribution >= 0.6 is 0 Å². The first-order valence-corrected chi connectivity index (χ1v) is 11.4. The van der Waals surface area contributed by atoms with E-state index in [-0.39, 0.29) is 17.7 Å². The van der Waals surface area contributed by atoms with E-state index in [4.69, 9.17) is 4.74 Å². The molecule has 4 rings (SSSR count). The van der Waals surface area contributed by atoms with Crippen molar-refractivity contribution in [2.24, 2.45) is 5.92 Å². The zero-order chi connectivity index (χ0) is 23.6. The molecule has 0 radical (unpaired) electrons. The maximum Gasteiger partial charge on any atom is 0.253 e. The Balaban J connectivity index is 1.27. The molecule has 0 bridgehead atoms. The SMILES string of the molecule is COc1ncccc1N1CC(C(=O)Nc2ccc(C3CCN(C(=O)C(C)(C)O)CC3)cc2)C1. The van der Waals surface area contributed by atoms with Gasteiger partial charge in [-0.05, 0) is 62.4 Å². The summed E-state index contributed by atoms with van der Waals surface area (Å²) in [6.07, 6.45) is 3.42. The third-order valence-corrected chi connectivity index (χ3v) is 6.49. The molecule has 2 saturated heterocycles. The predicted molar refractivity (Wildman–Crippen MR) is 126 cm³/mol. The Hall–Kier alpha value is -3.13. The fraction of sp³-hybridized carbons (Fsp3) is 0.480. The lowest BCUT2D eigenvalue weighted by molar-refractivity contribution is -0.148. The molecule has 3 heterocycles. The number of ether oxygens (including phenoxy) is 1. The van der Waals surface area contributed by atoms with Crippen molar-refractivity contribution in [3.63, 3.8) is 0 Å². The summed E-state index contributed by atoms with van der Waals surface area (Å²) in [5.74, 6) is 0.667. The molecule has 0 unspecified atom stereocenters. The number of hydrogen-bond acceptors (Lipinski definition) is 6. The van der Waals surface area contributed by atoms with E-state index in [0.29, 0.717) is 38.0 Å². The number of methoxy groups -OCH3 is 1. The minimum atomic E-state index is -1.33. The number of amides is 2. The number of carbonyl (C=O) groups is 2. The van der Waals surface area contributed by atoms with Crippen LogP contribution in [-0.4, -0.2) is 65.7 Å². The summed E-state index contributed by atoms with van der Waals surface area (Å²) in [5, 5.41) is 13.0. The Morgan fingerprint density at radius 2 is 1.79 bits per heavy atom. The lowest BCUT2D eigenvalue weighted by Crippen LogP contribution is -2.52. The van der Waals surface area contributed by atoms with Gasteiger partial charge in [0.05, 0.1) is 18.7 Å². The van der Waals surface area contributed by atoms with E-state index in [1.807, 2.05) is 24.3 Å². The fourth-order valence-electron chi connectivity index (χ4n) is 4.51. The first-order chi connectivity index (χ1) is 15.8. The number of nitrogens with zero attached hydrogens (tertiary/aromatic N) is 3. The highest BCUT2D eigenvalue weighted by molar-refractivity contribution is 5.94. The van der Waals surface area contributed by atoms with Crippen LogP contribution in [0.5, 0.6) is 5.88 Å². The Kier molecular flexibility index (Phi) is 6.56. The number of hydrogen-bond donors (Lipinski definition) is 2. The lowest BCUT2D eigenvalue weighted by atomic mass is 9.88. The molecule has 0 aliphatic carbocycles. The number of anilines is 2. The third-order valence-electron chi connectivity index (χ3n) is 6.49. The number of aliphatic hydroxyl groups is 1. The minimum Gasteiger partial charge on any atom is -0.480 e. The number of likely N-dealkylation sites (tertiary alicyclic amines) is 1. The van der Waals surface area contributed by atoms with Crippen molar-refractivity contribution < 1.29 is 19.4 Å². The molecule has 8 nitrogen and oxygen atoms in total. The van der Waals surface area contributed by atoms with Crippen molar-refractivity contribution in [3.05, 3.63) is 48.2 Å². The Labute approximate surface area is 194 Å². The van der Waals surface area contributed by atoms with Gasteiger partial charge >= 0.3 is 0 Å². The molecule has 33 heavy (non-hydrogen) atoms. The van der Waals surface area contributed by atoms with Crippen LogP contribution in [0.15, 0.2) is 42.6 Å². The van der Waals surface area contributed by atoms with Gasteiger partial charge in [-0.25, -0.2) is 4.98 Å². The standard InChI is InChI=1S/C25H32N4O4/c1-25(2,32)24(31)28-13-10-18(11-14-28)17-6-8-20(9-7-17)27-22(30)19-15-29(16-19)21-5-4-12-26-23(21)33-3/h4-9,12,18-19,32H,10-11,13-16H2,1-3H3,(H,27,30). The van der Waals surface area contributed by atoms with Crippen LogP contribution in [0.4, 0.5) is 11.4 Å². The zero-order valence-corrected chi connectivity index (χ0v) is 19.5. The highest BCUT2D eigenvalue weighted by atomic mass is 16.5. The summed E-state index contributed by atoms with van der Waals surface area (Å²) in [4.78, 5) is 33.0. The van der Waals surface area contributed by atoms with E-state index in [1.54, 1.807) is 18.2 Å². The molecule has 2 aliphatic rings. The number of benzene rings is 1. The monoisotopic (exact) mass is 452 g/mol. The lowest BCUT2D eigenvalue weighted by Gasteiger charge is -2.40. The Morgan fingerprint density at radius 1 is 1.12 bits per heavy atom. The van der Waals surface area contributed by atoms with Gasteiger partial charge in [-0.3, -0.25) is 9.59 Å². The van der Waals surface area contributed by atoms with E-state index in [9.17, 15) is 14.7 Å².